The van der Waals surface area contributed by atoms with E-state index in [4.69, 9.17) is 9.72 Å². The van der Waals surface area contributed by atoms with Crippen LogP contribution >= 0.6 is 11.8 Å². The zero-order chi connectivity index (χ0) is 20.2. The quantitative estimate of drug-likeness (QED) is 0.534. The Morgan fingerprint density at radius 3 is 2.76 bits per heavy atom. The van der Waals surface area contributed by atoms with Gasteiger partial charge in [-0.1, -0.05) is 43.2 Å². The van der Waals surface area contributed by atoms with Crippen LogP contribution in [0.25, 0.3) is 10.9 Å². The molecular formula is C22H29N3O3S. The van der Waals surface area contributed by atoms with Gasteiger partial charge in [-0.3, -0.25) is 14.2 Å². The van der Waals surface area contributed by atoms with E-state index < -0.39 is 0 Å². The molecule has 2 aliphatic rings. The van der Waals surface area contributed by atoms with Gasteiger partial charge in [-0.05, 0) is 37.8 Å². The minimum atomic E-state index is -0.0540. The van der Waals surface area contributed by atoms with Gasteiger partial charge in [-0.2, -0.15) is 0 Å². The van der Waals surface area contributed by atoms with Crippen molar-refractivity contribution < 1.29 is 9.53 Å². The van der Waals surface area contributed by atoms with Crippen LogP contribution in [0.4, 0.5) is 0 Å². The van der Waals surface area contributed by atoms with E-state index in [9.17, 15) is 9.59 Å². The van der Waals surface area contributed by atoms with Crippen LogP contribution in [-0.2, 0) is 16.1 Å². The number of para-hydroxylation sites is 1. The summed E-state index contributed by atoms with van der Waals surface area (Å²) in [6, 6.07) is 7.75. The standard InChI is InChI=1S/C22H29N3O3S/c1-24(16-8-3-2-4-9-16)20(26)15-29-22-23-19-12-6-5-11-18(19)21(27)25(22)14-17-10-7-13-28-17/h5-6,11-12,16-17H,2-4,7-10,13-15H2,1H3/t17-/m1/s1. The lowest BCUT2D eigenvalue weighted by Crippen LogP contribution is -2.39. The van der Waals surface area contributed by atoms with Crippen molar-refractivity contribution in [2.75, 3.05) is 19.4 Å². The molecule has 2 aromatic rings. The highest BCUT2D eigenvalue weighted by molar-refractivity contribution is 7.99. The van der Waals surface area contributed by atoms with Gasteiger partial charge in [0.1, 0.15) is 0 Å². The number of nitrogens with zero attached hydrogens (tertiary/aromatic N) is 3. The van der Waals surface area contributed by atoms with Gasteiger partial charge in [0.05, 0.1) is 29.3 Å². The lowest BCUT2D eigenvalue weighted by atomic mass is 9.94. The van der Waals surface area contributed by atoms with Gasteiger partial charge in [-0.15, -0.1) is 0 Å². The van der Waals surface area contributed by atoms with Crippen molar-refractivity contribution in [2.45, 2.75) is 68.8 Å². The second-order valence-electron chi connectivity index (χ2n) is 8.05. The van der Waals surface area contributed by atoms with Gasteiger partial charge >= 0.3 is 0 Å². The summed E-state index contributed by atoms with van der Waals surface area (Å²) in [5.41, 5.74) is 0.623. The molecule has 2 fully saturated rings. The molecule has 1 atom stereocenters. The molecule has 1 saturated heterocycles. The van der Waals surface area contributed by atoms with E-state index in [-0.39, 0.29) is 17.6 Å². The fourth-order valence-electron chi connectivity index (χ4n) is 4.31. The van der Waals surface area contributed by atoms with Crippen LogP contribution in [0, 0.1) is 0 Å². The SMILES string of the molecule is CN(C(=O)CSc1nc2ccccc2c(=O)n1C[C@H]1CCCO1)C1CCCCC1. The molecule has 156 valence electrons. The number of fused-ring (bicyclic) bond motifs is 1. The highest BCUT2D eigenvalue weighted by Gasteiger charge is 2.24. The van der Waals surface area contributed by atoms with Crippen LogP contribution < -0.4 is 5.56 Å². The third-order valence-corrected chi connectivity index (χ3v) is 7.04. The van der Waals surface area contributed by atoms with Crippen LogP contribution in [-0.4, -0.2) is 51.9 Å². The molecule has 0 radical (unpaired) electrons. The Kier molecular flexibility index (Phi) is 6.55. The predicted octanol–water partition coefficient (Wildman–Crippen LogP) is 3.46. The maximum absolute atomic E-state index is 13.1. The molecule has 2 heterocycles. The third kappa shape index (κ3) is 4.67. The number of aromatic nitrogens is 2. The summed E-state index contributed by atoms with van der Waals surface area (Å²) >= 11 is 1.36. The van der Waals surface area contributed by atoms with Gasteiger partial charge in [0.25, 0.3) is 5.56 Å². The Morgan fingerprint density at radius 2 is 2.00 bits per heavy atom. The van der Waals surface area contributed by atoms with Crippen molar-refractivity contribution in [3.8, 4) is 0 Å². The fourth-order valence-corrected chi connectivity index (χ4v) is 5.24. The number of thioether (sulfide) groups is 1. The highest BCUT2D eigenvalue weighted by atomic mass is 32.2. The molecule has 1 saturated carbocycles. The van der Waals surface area contributed by atoms with Crippen molar-refractivity contribution in [2.24, 2.45) is 0 Å². The Hall–Kier alpha value is -1.86. The topological polar surface area (TPSA) is 64.4 Å². The minimum absolute atomic E-state index is 0.0376. The van der Waals surface area contributed by atoms with Crippen molar-refractivity contribution >= 4 is 28.6 Å². The van der Waals surface area contributed by atoms with E-state index in [2.05, 4.69) is 0 Å². The van der Waals surface area contributed by atoms with Crippen molar-refractivity contribution in [3.63, 3.8) is 0 Å². The number of amides is 1. The van der Waals surface area contributed by atoms with E-state index in [1.54, 1.807) is 4.57 Å². The molecular weight excluding hydrogens is 386 g/mol. The van der Waals surface area contributed by atoms with Crippen molar-refractivity contribution in [3.05, 3.63) is 34.6 Å². The first-order valence-electron chi connectivity index (χ1n) is 10.6. The summed E-state index contributed by atoms with van der Waals surface area (Å²) < 4.78 is 7.46. The maximum atomic E-state index is 13.1. The molecule has 7 heteroatoms. The number of hydrogen-bond donors (Lipinski definition) is 0. The molecule has 0 spiro atoms. The monoisotopic (exact) mass is 415 g/mol. The Bertz CT molecular complexity index is 917. The van der Waals surface area contributed by atoms with Crippen LogP contribution in [0.15, 0.2) is 34.2 Å². The smallest absolute Gasteiger partial charge is 0.262 e. The van der Waals surface area contributed by atoms with Crippen molar-refractivity contribution in [1.29, 1.82) is 0 Å². The Labute approximate surface area is 175 Å². The molecule has 0 N–H and O–H groups in total. The average molecular weight is 416 g/mol. The second kappa shape index (κ2) is 9.30. The summed E-state index contributed by atoms with van der Waals surface area (Å²) in [4.78, 5) is 32.5. The summed E-state index contributed by atoms with van der Waals surface area (Å²) in [5, 5.41) is 1.22. The molecule has 29 heavy (non-hydrogen) atoms. The fraction of sp³-hybridized carbons (Fsp3) is 0.591. The Balaban J connectivity index is 1.54. The zero-order valence-corrected chi connectivity index (χ0v) is 17.8. The van der Waals surface area contributed by atoms with E-state index in [0.29, 0.717) is 34.4 Å². The average Bonchev–Trinajstić information content (AvgIpc) is 3.27. The number of hydrogen-bond acceptors (Lipinski definition) is 5. The summed E-state index contributed by atoms with van der Waals surface area (Å²) in [7, 11) is 1.91. The number of ether oxygens (including phenoxy) is 1. The van der Waals surface area contributed by atoms with Gasteiger partial charge in [0, 0.05) is 19.7 Å². The molecule has 0 unspecified atom stereocenters. The largest absolute Gasteiger partial charge is 0.376 e. The molecule has 4 rings (SSSR count). The maximum Gasteiger partial charge on any atom is 0.262 e. The van der Waals surface area contributed by atoms with E-state index in [0.717, 1.165) is 32.3 Å². The van der Waals surface area contributed by atoms with Crippen LogP contribution in [0.2, 0.25) is 0 Å². The summed E-state index contributed by atoms with van der Waals surface area (Å²) in [5.74, 6) is 0.400. The van der Waals surface area contributed by atoms with Crippen LogP contribution in [0.5, 0.6) is 0 Å². The van der Waals surface area contributed by atoms with Crippen LogP contribution in [0.1, 0.15) is 44.9 Å². The molecule has 6 nitrogen and oxygen atoms in total. The zero-order valence-electron chi connectivity index (χ0n) is 17.0. The lowest BCUT2D eigenvalue weighted by Gasteiger charge is -2.31. The minimum Gasteiger partial charge on any atom is -0.376 e. The molecule has 1 amide bonds. The second-order valence-corrected chi connectivity index (χ2v) is 8.99. The number of carbonyl (C=O) groups is 1. The van der Waals surface area contributed by atoms with Gasteiger partial charge in [0.15, 0.2) is 5.16 Å². The summed E-state index contributed by atoms with van der Waals surface area (Å²) in [6.45, 7) is 1.24. The number of benzene rings is 1. The molecule has 1 aromatic heterocycles. The molecule has 1 aromatic carbocycles. The predicted molar refractivity (Wildman–Crippen MR) is 115 cm³/mol. The van der Waals surface area contributed by atoms with Gasteiger partial charge < -0.3 is 9.64 Å². The Morgan fingerprint density at radius 1 is 1.21 bits per heavy atom. The van der Waals surface area contributed by atoms with Crippen molar-refractivity contribution in [1.82, 2.24) is 14.5 Å². The highest BCUT2D eigenvalue weighted by Crippen LogP contribution is 2.24. The third-order valence-electron chi connectivity index (χ3n) is 6.08. The molecule has 1 aliphatic heterocycles. The van der Waals surface area contributed by atoms with E-state index >= 15 is 0 Å². The van der Waals surface area contributed by atoms with Crippen LogP contribution in [0.3, 0.4) is 0 Å². The molecule has 1 aliphatic carbocycles. The number of rotatable bonds is 6. The first kappa shape index (κ1) is 20.4. The van der Waals surface area contributed by atoms with Gasteiger partial charge in [-0.25, -0.2) is 4.98 Å². The normalized spacial score (nSPS) is 20.2. The van der Waals surface area contributed by atoms with Gasteiger partial charge in [0.2, 0.25) is 5.91 Å². The summed E-state index contributed by atoms with van der Waals surface area (Å²) in [6.07, 6.45) is 7.85. The lowest BCUT2D eigenvalue weighted by molar-refractivity contribution is -0.129. The molecule has 0 bridgehead atoms. The van der Waals surface area contributed by atoms with E-state index in [1.807, 2.05) is 36.2 Å². The first-order valence-corrected chi connectivity index (χ1v) is 11.6. The number of carbonyl (C=O) groups excluding carboxylic acids is 1. The first-order chi connectivity index (χ1) is 14.1. The van der Waals surface area contributed by atoms with E-state index in [1.165, 1.54) is 31.0 Å².